The van der Waals surface area contributed by atoms with Gasteiger partial charge >= 0.3 is 0 Å². The molecule has 1 atom stereocenters. The van der Waals surface area contributed by atoms with Crippen LogP contribution in [0, 0.1) is 0 Å². The van der Waals surface area contributed by atoms with Crippen molar-refractivity contribution >= 4 is 56.9 Å². The largest absolute Gasteiger partial charge is 0.274 e. The molecule has 50 heavy (non-hydrogen) atoms. The number of rotatable bonds is 4. The van der Waals surface area contributed by atoms with Gasteiger partial charge in [-0.2, -0.15) is 0 Å². The number of hydrogen-bond acceptors (Lipinski definition) is 4. The van der Waals surface area contributed by atoms with Gasteiger partial charge in [0.05, 0.1) is 17.8 Å². The molecule has 5 aromatic carbocycles. The number of imide groups is 2. The van der Waals surface area contributed by atoms with E-state index in [4.69, 9.17) is 0 Å². The van der Waals surface area contributed by atoms with Gasteiger partial charge in [0, 0.05) is 28.2 Å². The lowest BCUT2D eigenvalue weighted by atomic mass is 9.75. The van der Waals surface area contributed by atoms with Gasteiger partial charge in [0.1, 0.15) is 0 Å². The van der Waals surface area contributed by atoms with Gasteiger partial charge in [-0.25, -0.2) is 9.80 Å². The van der Waals surface area contributed by atoms with Gasteiger partial charge in [0.2, 0.25) is 5.91 Å². The van der Waals surface area contributed by atoms with Crippen LogP contribution in [0.4, 0.5) is 11.4 Å². The molecule has 1 unspecified atom stereocenters. The SMILES string of the molecule is O=C1Cc2cccc3c(C4=CCC=CC=C4)ccc(c23)C(=O)N1c1ccc(N2C(=O)C3=CCC(c4ccccc4)c4cccc(c43)C2=O)cc1. The summed E-state index contributed by atoms with van der Waals surface area (Å²) in [6, 6.07) is 31.9. The summed E-state index contributed by atoms with van der Waals surface area (Å²) < 4.78 is 0. The fourth-order valence-electron chi connectivity index (χ4n) is 7.89. The van der Waals surface area contributed by atoms with Crippen LogP contribution >= 0.6 is 0 Å². The molecule has 0 fully saturated rings. The van der Waals surface area contributed by atoms with Crippen molar-refractivity contribution < 1.29 is 19.2 Å². The van der Waals surface area contributed by atoms with E-state index >= 15 is 0 Å². The van der Waals surface area contributed by atoms with Crippen molar-refractivity contribution in [2.45, 2.75) is 25.2 Å². The van der Waals surface area contributed by atoms with Crippen molar-refractivity contribution in [3.8, 4) is 0 Å². The molecule has 0 saturated carbocycles. The number of carbonyl (C=O) groups is 4. The van der Waals surface area contributed by atoms with Crippen LogP contribution in [-0.4, -0.2) is 23.6 Å². The minimum Gasteiger partial charge on any atom is -0.274 e. The topological polar surface area (TPSA) is 74.8 Å². The quantitative estimate of drug-likeness (QED) is 0.183. The van der Waals surface area contributed by atoms with Crippen LogP contribution in [0.1, 0.15) is 67.3 Å². The Hall–Kier alpha value is -6.40. The van der Waals surface area contributed by atoms with Gasteiger partial charge in [0.25, 0.3) is 17.7 Å². The van der Waals surface area contributed by atoms with Crippen molar-refractivity contribution in [3.63, 3.8) is 0 Å². The summed E-state index contributed by atoms with van der Waals surface area (Å²) in [5.74, 6) is -1.50. The molecule has 2 aliphatic heterocycles. The van der Waals surface area contributed by atoms with E-state index in [0.717, 1.165) is 45.0 Å². The molecule has 0 N–H and O–H groups in total. The molecule has 0 bridgehead atoms. The van der Waals surface area contributed by atoms with Crippen LogP contribution in [0.25, 0.3) is 21.9 Å². The Morgan fingerprint density at radius 3 is 2.16 bits per heavy atom. The van der Waals surface area contributed by atoms with Gasteiger partial charge < -0.3 is 0 Å². The number of hydrogen-bond donors (Lipinski definition) is 0. The van der Waals surface area contributed by atoms with Gasteiger partial charge in [-0.15, -0.1) is 0 Å². The highest BCUT2D eigenvalue weighted by Crippen LogP contribution is 2.44. The Balaban J connectivity index is 1.06. The van der Waals surface area contributed by atoms with Gasteiger partial charge in [-0.05, 0) is 87.8 Å². The molecule has 2 aliphatic carbocycles. The highest BCUT2D eigenvalue weighted by atomic mass is 16.2. The van der Waals surface area contributed by atoms with E-state index < -0.39 is 11.8 Å². The van der Waals surface area contributed by atoms with E-state index in [9.17, 15) is 19.2 Å². The third-order valence-electron chi connectivity index (χ3n) is 10.2. The maximum atomic E-state index is 14.2. The zero-order valence-corrected chi connectivity index (χ0v) is 27.0. The first kappa shape index (κ1) is 29.7. The number of anilines is 2. The number of nitrogens with zero attached hydrogens (tertiary/aromatic N) is 2. The fraction of sp³-hybridized carbons (Fsp3) is 0.0909. The third kappa shape index (κ3) is 4.56. The molecule has 9 rings (SSSR count). The molecule has 0 saturated heterocycles. The number of amides is 4. The summed E-state index contributed by atoms with van der Waals surface area (Å²) in [4.78, 5) is 58.4. The third-order valence-corrected chi connectivity index (χ3v) is 10.2. The van der Waals surface area contributed by atoms with E-state index in [1.807, 2.05) is 78.9 Å². The second-order valence-electron chi connectivity index (χ2n) is 12.9. The average molecular weight is 651 g/mol. The summed E-state index contributed by atoms with van der Waals surface area (Å²) in [6.45, 7) is 0. The Morgan fingerprint density at radius 1 is 0.600 bits per heavy atom. The second-order valence-corrected chi connectivity index (χ2v) is 12.9. The van der Waals surface area contributed by atoms with Gasteiger partial charge in [0.15, 0.2) is 0 Å². The molecule has 6 nitrogen and oxygen atoms in total. The summed E-state index contributed by atoms with van der Waals surface area (Å²) in [5, 5.41) is 1.71. The summed E-state index contributed by atoms with van der Waals surface area (Å²) in [5.41, 5.74) is 7.88. The normalized spacial score (nSPS) is 18.1. The van der Waals surface area contributed by atoms with E-state index in [0.29, 0.717) is 40.1 Å². The Bertz CT molecular complexity index is 2430. The average Bonchev–Trinajstić information content (AvgIpc) is 3.49. The maximum Gasteiger partial charge on any atom is 0.265 e. The minimum atomic E-state index is -0.414. The van der Waals surface area contributed by atoms with Crippen molar-refractivity contribution in [3.05, 3.63) is 179 Å². The highest BCUT2D eigenvalue weighted by molar-refractivity contribution is 6.41. The molecular formula is C44H30N2O4. The molecular weight excluding hydrogens is 620 g/mol. The molecule has 5 aromatic rings. The Kier molecular flexibility index (Phi) is 6.92. The smallest absolute Gasteiger partial charge is 0.265 e. The first-order chi connectivity index (χ1) is 24.5. The molecule has 240 valence electrons. The highest BCUT2D eigenvalue weighted by Gasteiger charge is 2.40. The maximum absolute atomic E-state index is 14.2. The molecule has 4 amide bonds. The molecule has 0 radical (unpaired) electrons. The van der Waals surface area contributed by atoms with Crippen LogP contribution in [0.3, 0.4) is 0 Å². The zero-order chi connectivity index (χ0) is 33.9. The van der Waals surface area contributed by atoms with Gasteiger partial charge in [-0.3, -0.25) is 19.2 Å². The Labute approximate surface area is 289 Å². The first-order valence-corrected chi connectivity index (χ1v) is 16.8. The Morgan fingerprint density at radius 2 is 1.34 bits per heavy atom. The summed E-state index contributed by atoms with van der Waals surface area (Å²) in [7, 11) is 0. The lowest BCUT2D eigenvalue weighted by molar-refractivity contribution is -0.117. The van der Waals surface area contributed by atoms with Crippen molar-refractivity contribution in [1.29, 1.82) is 0 Å². The summed E-state index contributed by atoms with van der Waals surface area (Å²) >= 11 is 0. The molecule has 2 heterocycles. The first-order valence-electron chi connectivity index (χ1n) is 16.8. The van der Waals surface area contributed by atoms with Crippen LogP contribution in [0.2, 0.25) is 0 Å². The molecule has 6 heteroatoms. The number of allylic oxidation sites excluding steroid dienone is 7. The van der Waals surface area contributed by atoms with Crippen molar-refractivity contribution in [2.75, 3.05) is 9.80 Å². The lowest BCUT2D eigenvalue weighted by Gasteiger charge is -2.34. The minimum absolute atomic E-state index is 0.0524. The lowest BCUT2D eigenvalue weighted by Crippen LogP contribution is -2.43. The number of benzene rings is 5. The van der Waals surface area contributed by atoms with E-state index in [2.05, 4.69) is 30.4 Å². The van der Waals surface area contributed by atoms with E-state index in [1.54, 1.807) is 30.3 Å². The molecule has 0 spiro atoms. The standard InChI is InChI=1S/C44H30N2O4/c47-39-26-29-14-8-15-34-32(27-10-4-1-2-5-11-27)22-24-37(40(29)34)42(48)45(39)30-18-20-31(21-19-30)46-43(49)36-17-9-16-35-33(28-12-6-3-7-13-28)23-25-38(41(35)36)44(46)50/h1-4,6-22,24-25,33H,5,23,26H2. The van der Waals surface area contributed by atoms with E-state index in [-0.39, 0.29) is 24.2 Å². The van der Waals surface area contributed by atoms with Crippen LogP contribution in [0.15, 0.2) is 140 Å². The van der Waals surface area contributed by atoms with Crippen molar-refractivity contribution in [1.82, 2.24) is 0 Å². The number of carbonyl (C=O) groups excluding carboxylic acids is 4. The second kappa shape index (κ2) is 11.6. The molecule has 0 aromatic heterocycles. The monoisotopic (exact) mass is 650 g/mol. The molecule has 4 aliphatic rings. The van der Waals surface area contributed by atoms with Crippen LogP contribution in [0.5, 0.6) is 0 Å². The van der Waals surface area contributed by atoms with Gasteiger partial charge in [-0.1, -0.05) is 103 Å². The predicted octanol–water partition coefficient (Wildman–Crippen LogP) is 8.57. The summed E-state index contributed by atoms with van der Waals surface area (Å²) in [6.07, 6.45) is 13.8. The van der Waals surface area contributed by atoms with E-state index in [1.165, 1.54) is 9.80 Å². The van der Waals surface area contributed by atoms with Crippen LogP contribution in [-0.2, 0) is 16.0 Å². The fourth-order valence-corrected chi connectivity index (χ4v) is 7.89. The zero-order valence-electron chi connectivity index (χ0n) is 27.0. The van der Waals surface area contributed by atoms with Crippen LogP contribution < -0.4 is 9.80 Å². The van der Waals surface area contributed by atoms with Crippen molar-refractivity contribution in [2.24, 2.45) is 0 Å². The predicted molar refractivity (Wildman–Crippen MR) is 196 cm³/mol.